The smallest absolute Gasteiger partial charge is 0.254 e. The van der Waals surface area contributed by atoms with Crippen molar-refractivity contribution in [2.45, 2.75) is 6.18 Å². The van der Waals surface area contributed by atoms with Crippen molar-refractivity contribution in [3.8, 4) is 0 Å². The second-order valence-corrected chi connectivity index (χ2v) is 3.71. The molecular formula is C9H4BrF3N2. The third kappa shape index (κ3) is 1.81. The first-order chi connectivity index (χ1) is 7.00. The van der Waals surface area contributed by atoms with Crippen molar-refractivity contribution < 1.29 is 13.2 Å². The third-order valence-electron chi connectivity index (χ3n) is 1.86. The van der Waals surface area contributed by atoms with Crippen LogP contribution < -0.4 is 0 Å². The van der Waals surface area contributed by atoms with Crippen molar-refractivity contribution in [3.05, 3.63) is 34.7 Å². The van der Waals surface area contributed by atoms with Gasteiger partial charge in [-0.1, -0.05) is 6.07 Å². The first-order valence-corrected chi connectivity index (χ1v) is 4.76. The average Bonchev–Trinajstić information content (AvgIpc) is 2.17. The molecule has 0 atom stereocenters. The van der Waals surface area contributed by atoms with Crippen LogP contribution in [0.4, 0.5) is 13.2 Å². The zero-order valence-electron chi connectivity index (χ0n) is 7.22. The summed E-state index contributed by atoms with van der Waals surface area (Å²) in [5, 5.41) is 0.403. The summed E-state index contributed by atoms with van der Waals surface area (Å²) in [5.74, 6) is 0. The Balaban J connectivity index is 2.84. The van der Waals surface area contributed by atoms with E-state index in [0.717, 1.165) is 6.20 Å². The molecule has 2 aromatic heterocycles. The lowest BCUT2D eigenvalue weighted by Crippen LogP contribution is -2.09. The predicted molar refractivity (Wildman–Crippen MR) is 52.2 cm³/mol. The van der Waals surface area contributed by atoms with E-state index in [9.17, 15) is 13.2 Å². The van der Waals surface area contributed by atoms with Gasteiger partial charge in [-0.2, -0.15) is 13.2 Å². The van der Waals surface area contributed by atoms with Crippen molar-refractivity contribution in [1.29, 1.82) is 0 Å². The number of hydrogen-bond donors (Lipinski definition) is 0. The first-order valence-electron chi connectivity index (χ1n) is 3.96. The van der Waals surface area contributed by atoms with Gasteiger partial charge in [0, 0.05) is 22.3 Å². The van der Waals surface area contributed by atoms with Crippen LogP contribution in [0.5, 0.6) is 0 Å². The molecule has 0 aromatic carbocycles. The van der Waals surface area contributed by atoms with Crippen LogP contribution in [0.3, 0.4) is 0 Å². The van der Waals surface area contributed by atoms with Crippen LogP contribution in [0.1, 0.15) is 5.69 Å². The summed E-state index contributed by atoms with van der Waals surface area (Å²) in [4.78, 5) is 7.04. The van der Waals surface area contributed by atoms with Crippen molar-refractivity contribution in [2.75, 3.05) is 0 Å². The maximum atomic E-state index is 12.5. The summed E-state index contributed by atoms with van der Waals surface area (Å²) in [7, 11) is 0. The summed E-state index contributed by atoms with van der Waals surface area (Å²) in [6, 6.07) is 3.14. The van der Waals surface area contributed by atoms with Gasteiger partial charge in [-0.3, -0.25) is 4.98 Å². The van der Waals surface area contributed by atoms with Gasteiger partial charge in [-0.05, 0) is 22.0 Å². The zero-order chi connectivity index (χ0) is 11.1. The number of pyridine rings is 2. The molecule has 2 heterocycles. The summed E-state index contributed by atoms with van der Waals surface area (Å²) in [6.07, 6.45) is -2.04. The van der Waals surface area contributed by atoms with Gasteiger partial charge in [0.05, 0.1) is 0 Å². The molecule has 0 saturated carbocycles. The molecule has 0 aliphatic heterocycles. The van der Waals surface area contributed by atoms with E-state index < -0.39 is 11.9 Å². The fourth-order valence-corrected chi connectivity index (χ4v) is 1.67. The minimum Gasteiger partial charge on any atom is -0.254 e. The second-order valence-electron chi connectivity index (χ2n) is 2.85. The van der Waals surface area contributed by atoms with E-state index in [1.165, 1.54) is 6.20 Å². The Kier molecular flexibility index (Phi) is 2.38. The van der Waals surface area contributed by atoms with Crippen LogP contribution >= 0.6 is 15.9 Å². The monoisotopic (exact) mass is 276 g/mol. The van der Waals surface area contributed by atoms with E-state index >= 15 is 0 Å². The van der Waals surface area contributed by atoms with Gasteiger partial charge in [-0.25, -0.2) is 4.98 Å². The second kappa shape index (κ2) is 3.44. The molecule has 2 rings (SSSR count). The van der Waals surface area contributed by atoms with Crippen LogP contribution in [-0.2, 0) is 6.18 Å². The molecule has 0 aliphatic rings. The van der Waals surface area contributed by atoms with Crippen molar-refractivity contribution in [1.82, 2.24) is 9.97 Å². The van der Waals surface area contributed by atoms with Gasteiger partial charge in [0.1, 0.15) is 5.52 Å². The minimum atomic E-state index is -4.48. The molecule has 6 heteroatoms. The maximum Gasteiger partial charge on any atom is 0.435 e. The van der Waals surface area contributed by atoms with Crippen LogP contribution in [0.15, 0.2) is 29.0 Å². The van der Waals surface area contributed by atoms with E-state index in [0.29, 0.717) is 9.86 Å². The van der Waals surface area contributed by atoms with Gasteiger partial charge in [0.25, 0.3) is 0 Å². The van der Waals surface area contributed by atoms with Crippen LogP contribution in [0, 0.1) is 0 Å². The molecule has 0 spiro atoms. The first kappa shape index (κ1) is 10.4. The lowest BCUT2D eigenvalue weighted by molar-refractivity contribution is -0.139. The molecule has 0 unspecified atom stereocenters. The quantitative estimate of drug-likeness (QED) is 0.737. The van der Waals surface area contributed by atoms with Crippen LogP contribution in [-0.4, -0.2) is 9.97 Å². The lowest BCUT2D eigenvalue weighted by Gasteiger charge is -2.08. The molecule has 2 nitrogen and oxygen atoms in total. The van der Waals surface area contributed by atoms with Gasteiger partial charge < -0.3 is 0 Å². The fraction of sp³-hybridized carbons (Fsp3) is 0.111. The van der Waals surface area contributed by atoms with E-state index in [4.69, 9.17) is 0 Å². The largest absolute Gasteiger partial charge is 0.435 e. The SMILES string of the molecule is FC(F)(F)c1ncc(Br)c2cccnc12. The Morgan fingerprint density at radius 2 is 1.93 bits per heavy atom. The van der Waals surface area contributed by atoms with Gasteiger partial charge in [-0.15, -0.1) is 0 Å². The molecule has 0 fully saturated rings. The Bertz CT molecular complexity index is 510. The van der Waals surface area contributed by atoms with Gasteiger partial charge >= 0.3 is 6.18 Å². The molecule has 2 aromatic rings. The predicted octanol–water partition coefficient (Wildman–Crippen LogP) is 3.41. The molecule has 0 bridgehead atoms. The number of rotatable bonds is 0. The van der Waals surface area contributed by atoms with Crippen molar-refractivity contribution >= 4 is 26.8 Å². The highest BCUT2D eigenvalue weighted by Crippen LogP contribution is 2.34. The van der Waals surface area contributed by atoms with Gasteiger partial charge in [0.15, 0.2) is 5.69 Å². The highest BCUT2D eigenvalue weighted by atomic mass is 79.9. The molecule has 0 saturated heterocycles. The van der Waals surface area contributed by atoms with E-state index in [1.54, 1.807) is 12.1 Å². The molecule has 15 heavy (non-hydrogen) atoms. The Morgan fingerprint density at radius 3 is 2.60 bits per heavy atom. The lowest BCUT2D eigenvalue weighted by atomic mass is 10.2. The van der Waals surface area contributed by atoms with Crippen molar-refractivity contribution in [3.63, 3.8) is 0 Å². The standard InChI is InChI=1S/C9H4BrF3N2/c10-6-4-15-8(9(11,12)13)7-5(6)2-1-3-14-7/h1-4H. The number of aromatic nitrogens is 2. The Morgan fingerprint density at radius 1 is 1.20 bits per heavy atom. The number of alkyl halides is 3. The van der Waals surface area contributed by atoms with Crippen LogP contribution in [0.2, 0.25) is 0 Å². The normalized spacial score (nSPS) is 12.0. The maximum absolute atomic E-state index is 12.5. The van der Waals surface area contributed by atoms with Crippen LogP contribution in [0.25, 0.3) is 10.9 Å². The molecule has 0 radical (unpaired) electrons. The molecular weight excluding hydrogens is 273 g/mol. The zero-order valence-corrected chi connectivity index (χ0v) is 8.80. The number of nitrogens with zero attached hydrogens (tertiary/aromatic N) is 2. The fourth-order valence-electron chi connectivity index (χ4n) is 1.25. The summed E-state index contributed by atoms with van der Waals surface area (Å²) in [5.41, 5.74) is -1.10. The number of fused-ring (bicyclic) bond motifs is 1. The highest BCUT2D eigenvalue weighted by Gasteiger charge is 2.35. The number of halogens is 4. The molecule has 0 aliphatic carbocycles. The minimum absolute atomic E-state index is 0.139. The van der Waals surface area contributed by atoms with E-state index in [-0.39, 0.29) is 5.52 Å². The summed E-state index contributed by atoms with van der Waals surface area (Å²) in [6.45, 7) is 0. The molecule has 0 amide bonds. The Hall–Kier alpha value is -1.17. The Labute approximate surface area is 91.3 Å². The average molecular weight is 277 g/mol. The third-order valence-corrected chi connectivity index (χ3v) is 2.50. The number of hydrogen-bond acceptors (Lipinski definition) is 2. The molecule has 0 N–H and O–H groups in total. The highest BCUT2D eigenvalue weighted by molar-refractivity contribution is 9.10. The van der Waals surface area contributed by atoms with Gasteiger partial charge in [0.2, 0.25) is 0 Å². The topological polar surface area (TPSA) is 25.8 Å². The summed E-state index contributed by atoms with van der Waals surface area (Å²) < 4.78 is 38.1. The summed E-state index contributed by atoms with van der Waals surface area (Å²) >= 11 is 3.13. The van der Waals surface area contributed by atoms with E-state index in [1.807, 2.05) is 0 Å². The van der Waals surface area contributed by atoms with Crippen molar-refractivity contribution in [2.24, 2.45) is 0 Å². The van der Waals surface area contributed by atoms with E-state index in [2.05, 4.69) is 25.9 Å². The molecule has 78 valence electrons.